The first-order valence-corrected chi connectivity index (χ1v) is 10.8. The summed E-state index contributed by atoms with van der Waals surface area (Å²) in [4.78, 5) is 30.2. The van der Waals surface area contributed by atoms with Gasteiger partial charge >= 0.3 is 5.63 Å². The smallest absolute Gasteiger partial charge is 0.336 e. The lowest BCUT2D eigenvalue weighted by Crippen LogP contribution is -2.22. The van der Waals surface area contributed by atoms with E-state index in [1.165, 1.54) is 6.07 Å². The van der Waals surface area contributed by atoms with Crippen LogP contribution in [0.5, 0.6) is 0 Å². The van der Waals surface area contributed by atoms with Gasteiger partial charge in [0.25, 0.3) is 5.56 Å². The second-order valence-corrected chi connectivity index (χ2v) is 9.50. The third-order valence-electron chi connectivity index (χ3n) is 5.45. The van der Waals surface area contributed by atoms with Crippen molar-refractivity contribution < 1.29 is 4.42 Å². The molecule has 0 bridgehead atoms. The SMILES string of the molecule is CC(C)(C)c1cc(=O)n2c3ccccc3n(Cc3cc(=O)oc4cccc(Br)c34)c2n1. The molecule has 3 aromatic heterocycles. The molecule has 6 nitrogen and oxygen atoms in total. The average Bonchev–Trinajstić information content (AvgIpc) is 3.01. The zero-order valence-corrected chi connectivity index (χ0v) is 18.9. The van der Waals surface area contributed by atoms with Gasteiger partial charge in [0, 0.05) is 27.4 Å². The number of fused-ring (bicyclic) bond motifs is 4. The lowest BCUT2D eigenvalue weighted by Gasteiger charge is -2.17. The lowest BCUT2D eigenvalue weighted by molar-refractivity contribution is 0.557. The number of hydrogen-bond donors (Lipinski definition) is 0. The van der Waals surface area contributed by atoms with Crippen LogP contribution in [-0.4, -0.2) is 14.0 Å². The molecule has 5 rings (SSSR count). The van der Waals surface area contributed by atoms with Gasteiger partial charge in [0.05, 0.1) is 23.3 Å². The summed E-state index contributed by atoms with van der Waals surface area (Å²) in [6, 6.07) is 16.3. The van der Waals surface area contributed by atoms with Gasteiger partial charge in [0.2, 0.25) is 5.78 Å². The number of benzene rings is 2. The number of para-hydroxylation sites is 2. The summed E-state index contributed by atoms with van der Waals surface area (Å²) in [5.41, 5.74) is 2.85. The van der Waals surface area contributed by atoms with E-state index in [9.17, 15) is 9.59 Å². The highest BCUT2D eigenvalue weighted by Gasteiger charge is 2.21. The van der Waals surface area contributed by atoms with Crippen molar-refractivity contribution in [3.8, 4) is 0 Å². The Morgan fingerprint density at radius 1 is 1.00 bits per heavy atom. The van der Waals surface area contributed by atoms with E-state index in [1.807, 2.05) is 61.7 Å². The molecular formula is C24H20BrN3O3. The van der Waals surface area contributed by atoms with Crippen molar-refractivity contribution >= 4 is 43.7 Å². The number of nitrogens with zero attached hydrogens (tertiary/aromatic N) is 3. The van der Waals surface area contributed by atoms with Crippen LogP contribution in [0.2, 0.25) is 0 Å². The quantitative estimate of drug-likeness (QED) is 0.340. The Morgan fingerprint density at radius 3 is 2.48 bits per heavy atom. The molecule has 0 fully saturated rings. The first-order valence-electron chi connectivity index (χ1n) is 9.97. The topological polar surface area (TPSA) is 69.5 Å². The van der Waals surface area contributed by atoms with E-state index in [0.29, 0.717) is 17.9 Å². The number of rotatable bonds is 2. The van der Waals surface area contributed by atoms with Gasteiger partial charge in [-0.25, -0.2) is 14.2 Å². The van der Waals surface area contributed by atoms with Crippen LogP contribution in [-0.2, 0) is 12.0 Å². The summed E-state index contributed by atoms with van der Waals surface area (Å²) >= 11 is 3.58. The molecule has 0 aliphatic carbocycles. The van der Waals surface area contributed by atoms with E-state index >= 15 is 0 Å². The average molecular weight is 478 g/mol. The first kappa shape index (κ1) is 19.8. The molecule has 0 spiro atoms. The molecule has 3 heterocycles. The van der Waals surface area contributed by atoms with Gasteiger partial charge < -0.3 is 8.98 Å². The molecule has 5 aromatic rings. The summed E-state index contributed by atoms with van der Waals surface area (Å²) in [5, 5.41) is 0.826. The van der Waals surface area contributed by atoms with E-state index in [4.69, 9.17) is 9.40 Å². The molecule has 0 amide bonds. The molecule has 0 N–H and O–H groups in total. The Kier molecular flexibility index (Phi) is 4.41. The molecular weight excluding hydrogens is 458 g/mol. The van der Waals surface area contributed by atoms with Crippen molar-refractivity contribution in [1.82, 2.24) is 14.0 Å². The summed E-state index contributed by atoms with van der Waals surface area (Å²) < 4.78 is 9.85. The molecule has 0 aliphatic heterocycles. The molecule has 7 heteroatoms. The minimum Gasteiger partial charge on any atom is -0.423 e. The molecule has 0 aliphatic rings. The van der Waals surface area contributed by atoms with Crippen LogP contribution in [0, 0.1) is 0 Å². The summed E-state index contributed by atoms with van der Waals surface area (Å²) in [7, 11) is 0. The fourth-order valence-corrected chi connectivity index (χ4v) is 4.56. The highest BCUT2D eigenvalue weighted by atomic mass is 79.9. The van der Waals surface area contributed by atoms with Gasteiger partial charge in [-0.1, -0.05) is 54.9 Å². The van der Waals surface area contributed by atoms with Crippen molar-refractivity contribution in [3.63, 3.8) is 0 Å². The van der Waals surface area contributed by atoms with Crippen LogP contribution in [0.25, 0.3) is 27.8 Å². The van der Waals surface area contributed by atoms with Gasteiger partial charge in [0.15, 0.2) is 0 Å². The van der Waals surface area contributed by atoms with Crippen molar-refractivity contribution in [2.75, 3.05) is 0 Å². The number of aromatic nitrogens is 3. The van der Waals surface area contributed by atoms with Gasteiger partial charge in [0.1, 0.15) is 5.58 Å². The molecule has 0 unspecified atom stereocenters. The van der Waals surface area contributed by atoms with Gasteiger partial charge in [-0.3, -0.25) is 4.79 Å². The van der Waals surface area contributed by atoms with E-state index in [-0.39, 0.29) is 11.0 Å². The summed E-state index contributed by atoms with van der Waals surface area (Å²) in [5.74, 6) is 0.548. The van der Waals surface area contributed by atoms with E-state index < -0.39 is 5.63 Å². The fourth-order valence-electron chi connectivity index (χ4n) is 3.96. The maximum atomic E-state index is 13.1. The van der Waals surface area contributed by atoms with Crippen molar-refractivity contribution in [2.45, 2.75) is 32.7 Å². The van der Waals surface area contributed by atoms with Crippen LogP contribution < -0.4 is 11.2 Å². The Labute approximate surface area is 185 Å². The maximum absolute atomic E-state index is 13.1. The van der Waals surface area contributed by atoms with Crippen LogP contribution in [0.15, 0.2) is 73.1 Å². The van der Waals surface area contributed by atoms with Gasteiger partial charge in [-0.05, 0) is 29.8 Å². The van der Waals surface area contributed by atoms with Crippen molar-refractivity contribution in [2.24, 2.45) is 0 Å². The molecule has 156 valence electrons. The van der Waals surface area contributed by atoms with Crippen LogP contribution in [0.4, 0.5) is 0 Å². The third-order valence-corrected chi connectivity index (χ3v) is 6.11. The highest BCUT2D eigenvalue weighted by molar-refractivity contribution is 9.10. The van der Waals surface area contributed by atoms with Gasteiger partial charge in [-0.15, -0.1) is 0 Å². The van der Waals surface area contributed by atoms with Crippen molar-refractivity contribution in [1.29, 1.82) is 0 Å². The lowest BCUT2D eigenvalue weighted by atomic mass is 9.92. The van der Waals surface area contributed by atoms with Crippen LogP contribution in [0.1, 0.15) is 32.0 Å². The Balaban J connectivity index is 1.87. The predicted molar refractivity (Wildman–Crippen MR) is 125 cm³/mol. The molecule has 31 heavy (non-hydrogen) atoms. The normalized spacial score (nSPS) is 12.3. The minimum absolute atomic E-state index is 0.122. The molecule has 0 radical (unpaired) electrons. The van der Waals surface area contributed by atoms with Crippen LogP contribution >= 0.6 is 15.9 Å². The standard InChI is InChI=1S/C24H20BrN3O3/c1-24(2,3)19-12-20(29)28-17-9-5-4-8-16(17)27(23(28)26-19)13-14-11-21(30)31-18-10-6-7-15(25)22(14)18/h4-12H,13H2,1-3H3. The Bertz CT molecular complexity index is 1600. The van der Waals surface area contributed by atoms with Gasteiger partial charge in [-0.2, -0.15) is 0 Å². The molecule has 0 saturated carbocycles. The van der Waals surface area contributed by atoms with E-state index in [1.54, 1.807) is 16.5 Å². The Morgan fingerprint density at radius 2 is 1.74 bits per heavy atom. The summed E-state index contributed by atoms with van der Waals surface area (Å²) in [6.45, 7) is 6.46. The fraction of sp³-hybridized carbons (Fsp3) is 0.208. The van der Waals surface area contributed by atoms with E-state index in [2.05, 4.69) is 15.9 Å². The number of hydrogen-bond acceptors (Lipinski definition) is 4. The molecule has 0 saturated heterocycles. The van der Waals surface area contributed by atoms with Crippen molar-refractivity contribution in [3.05, 3.63) is 91.1 Å². The van der Waals surface area contributed by atoms with Crippen LogP contribution in [0.3, 0.4) is 0 Å². The minimum atomic E-state index is -0.415. The number of halogens is 1. The third kappa shape index (κ3) is 3.20. The zero-order valence-electron chi connectivity index (χ0n) is 17.3. The van der Waals surface area contributed by atoms with E-state index in [0.717, 1.165) is 32.1 Å². The highest BCUT2D eigenvalue weighted by Crippen LogP contribution is 2.29. The maximum Gasteiger partial charge on any atom is 0.336 e. The second kappa shape index (κ2) is 6.92. The Hall–Kier alpha value is -3.19. The first-order chi connectivity index (χ1) is 14.7. The predicted octanol–water partition coefficient (Wildman–Crippen LogP) is 4.86. The molecule has 0 atom stereocenters. The largest absolute Gasteiger partial charge is 0.423 e. The summed E-state index contributed by atoms with van der Waals surface area (Å²) in [6.07, 6.45) is 0. The zero-order chi connectivity index (χ0) is 21.9. The molecule has 2 aromatic carbocycles. The second-order valence-electron chi connectivity index (χ2n) is 8.64. The number of imidazole rings is 1. The monoisotopic (exact) mass is 477 g/mol.